The highest BCUT2D eigenvalue weighted by atomic mass is 16.5. The Bertz CT molecular complexity index is 789. The third kappa shape index (κ3) is 3.37. The molecule has 0 saturated carbocycles. The summed E-state index contributed by atoms with van der Waals surface area (Å²) in [5.41, 5.74) is 1.73. The van der Waals surface area contributed by atoms with Crippen molar-refractivity contribution in [3.63, 3.8) is 0 Å². The molecule has 0 aliphatic heterocycles. The second-order valence-corrected chi connectivity index (χ2v) is 5.49. The van der Waals surface area contributed by atoms with Gasteiger partial charge in [-0.15, -0.1) is 0 Å². The van der Waals surface area contributed by atoms with Gasteiger partial charge < -0.3 is 14.1 Å². The van der Waals surface area contributed by atoms with Gasteiger partial charge in [0.2, 0.25) is 5.91 Å². The number of hydrogen-bond donors (Lipinski definition) is 0. The van der Waals surface area contributed by atoms with E-state index >= 15 is 0 Å². The number of rotatable bonds is 5. The Hall–Kier alpha value is -2.75. The molecule has 1 heterocycles. The number of para-hydroxylation sites is 2. The van der Waals surface area contributed by atoms with E-state index in [0.717, 1.165) is 28.0 Å². The summed E-state index contributed by atoms with van der Waals surface area (Å²) in [7, 11) is 3.40. The molecule has 23 heavy (non-hydrogen) atoms. The predicted octanol–water partition coefficient (Wildman–Crippen LogP) is 3.64. The van der Waals surface area contributed by atoms with E-state index in [9.17, 15) is 4.79 Å². The van der Waals surface area contributed by atoms with Gasteiger partial charge in [0.15, 0.2) is 0 Å². The molecule has 1 aromatic heterocycles. The smallest absolute Gasteiger partial charge is 0.227 e. The van der Waals surface area contributed by atoms with E-state index in [1.54, 1.807) is 19.1 Å². The van der Waals surface area contributed by atoms with Crippen molar-refractivity contribution in [3.8, 4) is 5.75 Å². The molecular weight excluding hydrogens is 290 g/mol. The molecule has 4 nitrogen and oxygen atoms in total. The van der Waals surface area contributed by atoms with Crippen LogP contribution in [0.5, 0.6) is 5.75 Å². The van der Waals surface area contributed by atoms with Crippen LogP contribution in [0.25, 0.3) is 11.0 Å². The number of carbonyl (C=O) groups excluding carboxylic acids is 1. The standard InChI is InChI=1S/C19H19NO3/c1-20(13-16-11-14-7-4-6-10-18(14)23-16)19(21)12-15-8-3-5-9-17(15)22-2/h3-11H,12-13H2,1-2H3. The zero-order chi connectivity index (χ0) is 16.2. The average Bonchev–Trinajstić information content (AvgIpc) is 2.97. The monoisotopic (exact) mass is 309 g/mol. The summed E-state index contributed by atoms with van der Waals surface area (Å²) in [6, 6.07) is 17.4. The molecule has 3 aromatic rings. The maximum Gasteiger partial charge on any atom is 0.227 e. The molecule has 118 valence electrons. The number of amides is 1. The molecule has 0 spiro atoms. The number of hydrogen-bond acceptors (Lipinski definition) is 3. The fourth-order valence-electron chi connectivity index (χ4n) is 2.58. The van der Waals surface area contributed by atoms with Crippen molar-refractivity contribution in [3.05, 3.63) is 65.9 Å². The van der Waals surface area contributed by atoms with Gasteiger partial charge in [-0.05, 0) is 18.2 Å². The second kappa shape index (κ2) is 6.57. The number of likely N-dealkylation sites (N-methyl/N-ethyl adjacent to an activating group) is 1. The molecule has 1 amide bonds. The normalized spacial score (nSPS) is 10.7. The minimum Gasteiger partial charge on any atom is -0.496 e. The summed E-state index contributed by atoms with van der Waals surface area (Å²) in [6.07, 6.45) is 0.306. The first-order valence-corrected chi connectivity index (χ1v) is 7.50. The number of benzene rings is 2. The van der Waals surface area contributed by atoms with E-state index in [4.69, 9.17) is 9.15 Å². The third-order valence-electron chi connectivity index (χ3n) is 3.83. The Balaban J connectivity index is 1.69. The lowest BCUT2D eigenvalue weighted by Gasteiger charge is -2.16. The minimum absolute atomic E-state index is 0.0231. The Morgan fingerprint density at radius 3 is 2.65 bits per heavy atom. The fourth-order valence-corrected chi connectivity index (χ4v) is 2.58. The van der Waals surface area contributed by atoms with Crippen molar-refractivity contribution >= 4 is 16.9 Å². The zero-order valence-corrected chi connectivity index (χ0v) is 13.3. The van der Waals surface area contributed by atoms with Gasteiger partial charge in [-0.25, -0.2) is 0 Å². The number of nitrogens with zero attached hydrogens (tertiary/aromatic N) is 1. The first-order chi connectivity index (χ1) is 11.2. The van der Waals surface area contributed by atoms with Gasteiger partial charge in [0.1, 0.15) is 17.1 Å². The van der Waals surface area contributed by atoms with E-state index in [2.05, 4.69) is 0 Å². The first-order valence-electron chi connectivity index (χ1n) is 7.50. The topological polar surface area (TPSA) is 42.7 Å². The zero-order valence-electron chi connectivity index (χ0n) is 13.3. The minimum atomic E-state index is 0.0231. The van der Waals surface area contributed by atoms with Crippen LogP contribution in [0.4, 0.5) is 0 Å². The highest BCUT2D eigenvalue weighted by Crippen LogP contribution is 2.21. The molecular formula is C19H19NO3. The van der Waals surface area contributed by atoms with Crippen LogP contribution >= 0.6 is 0 Å². The number of methoxy groups -OCH3 is 1. The van der Waals surface area contributed by atoms with E-state index in [1.165, 1.54) is 0 Å². The lowest BCUT2D eigenvalue weighted by molar-refractivity contribution is -0.129. The molecule has 0 aliphatic carbocycles. The number of carbonyl (C=O) groups is 1. The number of ether oxygens (including phenoxy) is 1. The summed E-state index contributed by atoms with van der Waals surface area (Å²) < 4.78 is 11.1. The van der Waals surface area contributed by atoms with Crippen LogP contribution in [0.15, 0.2) is 59.0 Å². The molecule has 0 bridgehead atoms. The molecule has 0 aliphatic rings. The van der Waals surface area contributed by atoms with Crippen molar-refractivity contribution in [1.82, 2.24) is 4.90 Å². The van der Waals surface area contributed by atoms with Crippen molar-refractivity contribution in [2.24, 2.45) is 0 Å². The van der Waals surface area contributed by atoms with Crippen LogP contribution in [0, 0.1) is 0 Å². The predicted molar refractivity (Wildman–Crippen MR) is 89.4 cm³/mol. The van der Waals surface area contributed by atoms with E-state index in [0.29, 0.717) is 13.0 Å². The lowest BCUT2D eigenvalue weighted by Crippen LogP contribution is -2.27. The molecule has 0 N–H and O–H groups in total. The molecule has 0 fully saturated rings. The van der Waals surface area contributed by atoms with Gasteiger partial charge in [0, 0.05) is 18.0 Å². The van der Waals surface area contributed by atoms with Crippen molar-refractivity contribution < 1.29 is 13.9 Å². The van der Waals surface area contributed by atoms with Crippen LogP contribution in [0.1, 0.15) is 11.3 Å². The van der Waals surface area contributed by atoms with Crippen LogP contribution in [0.2, 0.25) is 0 Å². The average molecular weight is 309 g/mol. The summed E-state index contributed by atoms with van der Waals surface area (Å²) in [4.78, 5) is 14.1. The first kappa shape index (κ1) is 15.2. The lowest BCUT2D eigenvalue weighted by atomic mass is 10.1. The van der Waals surface area contributed by atoms with Crippen molar-refractivity contribution in [2.75, 3.05) is 14.2 Å². The molecule has 2 aromatic carbocycles. The van der Waals surface area contributed by atoms with Crippen LogP contribution < -0.4 is 4.74 Å². The number of furan rings is 1. The quantitative estimate of drug-likeness (QED) is 0.722. The van der Waals surface area contributed by atoms with Crippen molar-refractivity contribution in [2.45, 2.75) is 13.0 Å². The second-order valence-electron chi connectivity index (χ2n) is 5.49. The highest BCUT2D eigenvalue weighted by molar-refractivity contribution is 5.80. The van der Waals surface area contributed by atoms with Gasteiger partial charge in [0.05, 0.1) is 20.1 Å². The van der Waals surface area contributed by atoms with E-state index < -0.39 is 0 Å². The Kier molecular flexibility index (Phi) is 4.33. The maximum absolute atomic E-state index is 12.4. The third-order valence-corrected chi connectivity index (χ3v) is 3.83. The van der Waals surface area contributed by atoms with E-state index in [-0.39, 0.29) is 5.91 Å². The summed E-state index contributed by atoms with van der Waals surface area (Å²) in [5, 5.41) is 1.05. The SMILES string of the molecule is COc1ccccc1CC(=O)N(C)Cc1cc2ccccc2o1. The molecule has 0 atom stereocenters. The van der Waals surface area contributed by atoms with Gasteiger partial charge in [-0.3, -0.25) is 4.79 Å². The molecule has 3 rings (SSSR count). The van der Waals surface area contributed by atoms with Crippen LogP contribution in [-0.4, -0.2) is 25.0 Å². The Morgan fingerprint density at radius 1 is 1.13 bits per heavy atom. The molecule has 4 heteroatoms. The maximum atomic E-state index is 12.4. The number of fused-ring (bicyclic) bond motifs is 1. The Labute approximate surface area is 135 Å². The van der Waals surface area contributed by atoms with E-state index in [1.807, 2.05) is 54.6 Å². The molecule has 0 saturated heterocycles. The summed E-state index contributed by atoms with van der Waals surface area (Å²) >= 11 is 0. The highest BCUT2D eigenvalue weighted by Gasteiger charge is 2.14. The largest absolute Gasteiger partial charge is 0.496 e. The van der Waals surface area contributed by atoms with Gasteiger partial charge in [0.25, 0.3) is 0 Å². The van der Waals surface area contributed by atoms with Gasteiger partial charge >= 0.3 is 0 Å². The molecule has 0 radical (unpaired) electrons. The fraction of sp³-hybridized carbons (Fsp3) is 0.211. The van der Waals surface area contributed by atoms with Gasteiger partial charge in [-0.2, -0.15) is 0 Å². The Morgan fingerprint density at radius 2 is 1.87 bits per heavy atom. The summed E-state index contributed by atoms with van der Waals surface area (Å²) in [5.74, 6) is 1.54. The van der Waals surface area contributed by atoms with Crippen molar-refractivity contribution in [1.29, 1.82) is 0 Å². The molecule has 0 unspecified atom stereocenters. The van der Waals surface area contributed by atoms with Gasteiger partial charge in [-0.1, -0.05) is 36.4 Å². The van der Waals surface area contributed by atoms with Crippen LogP contribution in [0.3, 0.4) is 0 Å². The summed E-state index contributed by atoms with van der Waals surface area (Å²) in [6.45, 7) is 0.447. The van der Waals surface area contributed by atoms with Crippen LogP contribution in [-0.2, 0) is 17.8 Å².